The monoisotopic (exact) mass is 782 g/mol. The molecule has 11 nitrogen and oxygen atoms in total. The summed E-state index contributed by atoms with van der Waals surface area (Å²) >= 11 is 0. The summed E-state index contributed by atoms with van der Waals surface area (Å²) in [5, 5.41) is 2.66. The van der Waals surface area contributed by atoms with Crippen LogP contribution in [0.1, 0.15) is 91.7 Å². The number of carbonyl (C=O) groups is 4. The average molecular weight is 783 g/mol. The molecule has 58 heavy (non-hydrogen) atoms. The smallest absolute Gasteiger partial charge is 0.413 e. The maximum atomic E-state index is 15.3. The number of rotatable bonds is 15. The number of amides is 3. The normalized spacial score (nSPS) is 14.6. The van der Waals surface area contributed by atoms with Crippen molar-refractivity contribution < 1.29 is 33.4 Å². The van der Waals surface area contributed by atoms with Gasteiger partial charge in [-0.1, -0.05) is 97.1 Å². The van der Waals surface area contributed by atoms with Gasteiger partial charge < -0.3 is 24.0 Å². The van der Waals surface area contributed by atoms with Gasteiger partial charge in [-0.05, 0) is 93.5 Å². The first-order chi connectivity index (χ1) is 28.0. The summed E-state index contributed by atoms with van der Waals surface area (Å²) in [7, 11) is 0. The van der Waals surface area contributed by atoms with Crippen LogP contribution in [0.4, 0.5) is 16.3 Å². The van der Waals surface area contributed by atoms with E-state index in [1.54, 1.807) is 55.8 Å². The van der Waals surface area contributed by atoms with Gasteiger partial charge in [-0.15, -0.1) is 0 Å². The second-order valence-electron chi connectivity index (χ2n) is 15.0. The summed E-state index contributed by atoms with van der Waals surface area (Å²) in [6.45, 7) is 7.88. The topological polar surface area (TPSA) is 127 Å². The highest BCUT2D eigenvalue weighted by atomic mass is 16.6. The lowest BCUT2D eigenvalue weighted by Crippen LogP contribution is -2.44. The summed E-state index contributed by atoms with van der Waals surface area (Å²) in [5.41, 5.74) is 3.37. The molecule has 5 aromatic rings. The fourth-order valence-corrected chi connectivity index (χ4v) is 7.02. The van der Waals surface area contributed by atoms with Crippen molar-refractivity contribution in [3.8, 4) is 5.75 Å². The number of ether oxygens (including phenoxy) is 3. The van der Waals surface area contributed by atoms with Gasteiger partial charge in [0.05, 0.1) is 43.5 Å². The van der Waals surface area contributed by atoms with Crippen molar-refractivity contribution in [2.45, 2.75) is 77.6 Å². The number of fused-ring (bicyclic) bond motifs is 1. The van der Waals surface area contributed by atoms with Crippen molar-refractivity contribution in [1.82, 2.24) is 9.88 Å². The molecule has 1 aliphatic rings. The molecule has 0 saturated heterocycles. The van der Waals surface area contributed by atoms with E-state index in [0.717, 1.165) is 17.5 Å². The Labute approximate surface area is 339 Å². The Balaban J connectivity index is 1.31. The third-order valence-electron chi connectivity index (χ3n) is 9.59. The van der Waals surface area contributed by atoms with E-state index in [1.807, 2.05) is 109 Å². The number of unbranched alkanes of at least 4 members (excludes halogenated alkanes) is 1. The highest BCUT2D eigenvalue weighted by Crippen LogP contribution is 2.42. The van der Waals surface area contributed by atoms with Crippen molar-refractivity contribution in [3.05, 3.63) is 155 Å². The largest absolute Gasteiger partial charge is 0.490 e. The average Bonchev–Trinajstić information content (AvgIpc) is 3.29. The SMILES string of the molecule is CCOC(=O)CC(c1ccccc1)N1C(=O)c2cc(CCCCOc3cccnc3NC(=O)OC(C)(C)C)ccc2N(Cc2ccccc2)C(=O)C1c1ccccc1. The minimum Gasteiger partial charge on any atom is -0.490 e. The fourth-order valence-electron chi connectivity index (χ4n) is 7.02. The molecular formula is C47H50N4O7. The van der Waals surface area contributed by atoms with Crippen LogP contribution < -0.4 is 15.0 Å². The van der Waals surface area contributed by atoms with Gasteiger partial charge in [-0.2, -0.15) is 0 Å². The molecule has 1 aromatic heterocycles. The standard InChI is InChI=1S/C47H50N4O7/c1-5-56-41(52)31-39(35-21-11-7-12-22-35)51-42(36-23-13-8-14-24-36)45(54)50(32-34-19-9-6-10-20-34)38-27-26-33(30-37(38)44(51)53)18-15-16-29-57-40-25-17-28-48-43(40)49-46(55)58-47(2,3)4/h6-14,17,19-28,30,39,42H,5,15-16,18,29,31-32H2,1-4H3,(H,48,49,55). The van der Waals surface area contributed by atoms with Crippen LogP contribution >= 0.6 is 0 Å². The molecule has 0 bridgehead atoms. The van der Waals surface area contributed by atoms with E-state index in [4.69, 9.17) is 14.2 Å². The Bertz CT molecular complexity index is 2170. The first kappa shape index (κ1) is 41.2. The first-order valence-corrected chi connectivity index (χ1v) is 19.7. The number of hydrogen-bond donors (Lipinski definition) is 1. The molecule has 11 heteroatoms. The van der Waals surface area contributed by atoms with E-state index in [9.17, 15) is 9.59 Å². The zero-order valence-corrected chi connectivity index (χ0v) is 33.4. The van der Waals surface area contributed by atoms with Gasteiger partial charge in [0.15, 0.2) is 11.6 Å². The van der Waals surface area contributed by atoms with Crippen molar-refractivity contribution in [3.63, 3.8) is 0 Å². The van der Waals surface area contributed by atoms with E-state index in [-0.39, 0.29) is 37.2 Å². The van der Waals surface area contributed by atoms with E-state index >= 15 is 9.59 Å². The third-order valence-corrected chi connectivity index (χ3v) is 9.59. The Morgan fingerprint density at radius 1 is 0.828 bits per heavy atom. The lowest BCUT2D eigenvalue weighted by Gasteiger charge is -2.37. The van der Waals surface area contributed by atoms with E-state index in [0.29, 0.717) is 47.6 Å². The van der Waals surface area contributed by atoms with Crippen molar-refractivity contribution >= 4 is 35.4 Å². The number of aryl methyl sites for hydroxylation is 1. The quantitative estimate of drug-likeness (QED) is 0.0823. The van der Waals surface area contributed by atoms with Crippen LogP contribution in [-0.4, -0.2) is 52.6 Å². The number of anilines is 2. The van der Waals surface area contributed by atoms with Gasteiger partial charge in [-0.25, -0.2) is 9.78 Å². The second kappa shape index (κ2) is 19.1. The molecule has 2 unspecified atom stereocenters. The number of pyridine rings is 1. The van der Waals surface area contributed by atoms with Gasteiger partial charge >= 0.3 is 12.1 Å². The molecular weight excluding hydrogens is 733 g/mol. The Hall–Kier alpha value is -6.49. The number of nitrogens with one attached hydrogen (secondary N) is 1. The van der Waals surface area contributed by atoms with Crippen molar-refractivity contribution in [2.75, 3.05) is 23.4 Å². The molecule has 0 saturated carbocycles. The van der Waals surface area contributed by atoms with Gasteiger partial charge in [0.2, 0.25) is 0 Å². The highest BCUT2D eigenvalue weighted by Gasteiger charge is 2.44. The molecule has 0 spiro atoms. The van der Waals surface area contributed by atoms with Crippen molar-refractivity contribution in [2.24, 2.45) is 0 Å². The molecule has 0 aliphatic carbocycles. The fraction of sp³-hybridized carbons (Fsp3) is 0.298. The van der Waals surface area contributed by atoms with Gasteiger partial charge in [0.1, 0.15) is 11.6 Å². The minimum absolute atomic E-state index is 0.139. The maximum absolute atomic E-state index is 15.3. The molecule has 0 fully saturated rings. The molecule has 1 N–H and O–H groups in total. The van der Waals surface area contributed by atoms with E-state index in [2.05, 4.69) is 10.3 Å². The molecule has 6 rings (SSSR count). The van der Waals surface area contributed by atoms with Gasteiger partial charge in [0, 0.05) is 6.20 Å². The first-order valence-electron chi connectivity index (χ1n) is 19.7. The number of nitrogens with zero attached hydrogens (tertiary/aromatic N) is 3. The highest BCUT2D eigenvalue weighted by molar-refractivity contribution is 6.11. The summed E-state index contributed by atoms with van der Waals surface area (Å²) in [5.74, 6) is -0.420. The zero-order valence-electron chi connectivity index (χ0n) is 33.4. The molecule has 1 aliphatic heterocycles. The summed E-state index contributed by atoms with van der Waals surface area (Å²) in [6.07, 6.45) is 2.82. The van der Waals surface area contributed by atoms with Crippen LogP contribution in [0.25, 0.3) is 0 Å². The third kappa shape index (κ3) is 10.5. The Kier molecular flexibility index (Phi) is 13.6. The molecule has 4 aromatic carbocycles. The molecule has 2 atom stereocenters. The Morgan fingerprint density at radius 2 is 1.52 bits per heavy atom. The number of hydrogen-bond acceptors (Lipinski definition) is 8. The van der Waals surface area contributed by atoms with Crippen LogP contribution in [0.3, 0.4) is 0 Å². The van der Waals surface area contributed by atoms with Gasteiger partial charge in [-0.3, -0.25) is 19.7 Å². The van der Waals surface area contributed by atoms with Crippen LogP contribution in [0.5, 0.6) is 5.75 Å². The number of carbonyl (C=O) groups excluding carboxylic acids is 4. The van der Waals surface area contributed by atoms with Crippen LogP contribution in [0.15, 0.2) is 128 Å². The predicted octanol–water partition coefficient (Wildman–Crippen LogP) is 9.26. The van der Waals surface area contributed by atoms with Crippen molar-refractivity contribution in [1.29, 1.82) is 0 Å². The summed E-state index contributed by atoms with van der Waals surface area (Å²) in [4.78, 5) is 63.7. The number of aromatic nitrogens is 1. The molecule has 2 heterocycles. The zero-order chi connectivity index (χ0) is 41.1. The predicted molar refractivity (Wildman–Crippen MR) is 222 cm³/mol. The maximum Gasteiger partial charge on any atom is 0.413 e. The Morgan fingerprint density at radius 3 is 2.21 bits per heavy atom. The van der Waals surface area contributed by atoms with E-state index in [1.165, 1.54) is 0 Å². The summed E-state index contributed by atoms with van der Waals surface area (Å²) in [6, 6.07) is 35.6. The van der Waals surface area contributed by atoms with Gasteiger partial charge in [0.25, 0.3) is 11.8 Å². The number of benzene rings is 4. The lowest BCUT2D eigenvalue weighted by atomic mass is 9.95. The van der Waals surface area contributed by atoms with Crippen LogP contribution in [0.2, 0.25) is 0 Å². The molecule has 300 valence electrons. The molecule has 0 radical (unpaired) electrons. The lowest BCUT2D eigenvalue weighted by molar-refractivity contribution is -0.145. The second-order valence-corrected chi connectivity index (χ2v) is 15.0. The van der Waals surface area contributed by atoms with E-state index < -0.39 is 29.7 Å². The summed E-state index contributed by atoms with van der Waals surface area (Å²) < 4.78 is 16.8. The molecule has 3 amide bonds. The van der Waals surface area contributed by atoms with Crippen LogP contribution in [-0.2, 0) is 32.0 Å². The number of esters is 1. The minimum atomic E-state index is -1.05. The van der Waals surface area contributed by atoms with Crippen LogP contribution in [0, 0.1) is 0 Å².